The monoisotopic (exact) mass is 386 g/mol. The molecule has 3 aromatic rings. The lowest BCUT2D eigenvalue weighted by atomic mass is 9.92. The van der Waals surface area contributed by atoms with Crippen molar-refractivity contribution in [3.8, 4) is 5.75 Å². The van der Waals surface area contributed by atoms with Gasteiger partial charge in [0, 0.05) is 24.2 Å². The van der Waals surface area contributed by atoms with Crippen molar-refractivity contribution in [2.24, 2.45) is 5.73 Å². The van der Waals surface area contributed by atoms with Crippen molar-refractivity contribution in [1.29, 1.82) is 0 Å². The van der Waals surface area contributed by atoms with Crippen molar-refractivity contribution in [2.45, 2.75) is 0 Å². The van der Waals surface area contributed by atoms with Crippen molar-refractivity contribution in [1.82, 2.24) is 9.97 Å². The van der Waals surface area contributed by atoms with Gasteiger partial charge in [-0.2, -0.15) is 0 Å². The van der Waals surface area contributed by atoms with E-state index in [1.54, 1.807) is 49.4 Å². The first kappa shape index (κ1) is 18.4. The van der Waals surface area contributed by atoms with E-state index in [2.05, 4.69) is 9.97 Å². The van der Waals surface area contributed by atoms with Crippen LogP contribution in [0, 0.1) is 0 Å². The first-order valence-corrected chi connectivity index (χ1v) is 8.89. The molecule has 1 aliphatic rings. The van der Waals surface area contributed by atoms with Crippen LogP contribution in [0.4, 0.5) is 5.69 Å². The number of allylic oxidation sites excluding steroid dienone is 2. The maximum Gasteiger partial charge on any atom is 0.213 e. The molecule has 0 aliphatic heterocycles. The van der Waals surface area contributed by atoms with Crippen LogP contribution in [-0.4, -0.2) is 35.7 Å². The van der Waals surface area contributed by atoms with Gasteiger partial charge in [-0.3, -0.25) is 9.59 Å². The van der Waals surface area contributed by atoms with Crippen LogP contribution < -0.4 is 15.4 Å². The summed E-state index contributed by atoms with van der Waals surface area (Å²) < 4.78 is 5.17. The third-order valence-corrected chi connectivity index (χ3v) is 4.86. The Balaban J connectivity index is 1.79. The number of ketones is 2. The van der Waals surface area contributed by atoms with Crippen LogP contribution in [-0.2, 0) is 9.59 Å². The number of aromatic nitrogens is 2. The number of anilines is 1. The van der Waals surface area contributed by atoms with Crippen molar-refractivity contribution >= 4 is 33.7 Å². The van der Waals surface area contributed by atoms with E-state index in [0.717, 1.165) is 5.69 Å². The molecule has 2 aromatic carbocycles. The molecule has 1 aliphatic carbocycles. The molecule has 7 nitrogen and oxygen atoms in total. The number of likely N-dealkylation sites (N-methyl/N-ethyl adjacent to an activating group) is 1. The fourth-order valence-electron chi connectivity index (χ4n) is 3.27. The molecule has 2 N–H and O–H groups in total. The molecule has 0 atom stereocenters. The van der Waals surface area contributed by atoms with E-state index in [-0.39, 0.29) is 22.8 Å². The van der Waals surface area contributed by atoms with E-state index in [9.17, 15) is 9.59 Å². The van der Waals surface area contributed by atoms with E-state index >= 15 is 0 Å². The highest BCUT2D eigenvalue weighted by atomic mass is 16.5. The lowest BCUT2D eigenvalue weighted by Crippen LogP contribution is -2.31. The number of Topliss-reactive ketones (excluding diaryl/α,β-unsaturated/α-hetero) is 1. The van der Waals surface area contributed by atoms with Gasteiger partial charge in [0.1, 0.15) is 12.1 Å². The van der Waals surface area contributed by atoms with E-state index < -0.39 is 5.78 Å². The quantitative estimate of drug-likeness (QED) is 0.688. The van der Waals surface area contributed by atoms with Crippen LogP contribution in [0.1, 0.15) is 5.69 Å². The van der Waals surface area contributed by atoms with E-state index in [1.165, 1.54) is 12.4 Å². The number of carbonyl (C=O) groups excluding carboxylic acids is 2. The highest BCUT2D eigenvalue weighted by molar-refractivity contribution is 6.39. The topological polar surface area (TPSA) is 98.4 Å². The third-order valence-electron chi connectivity index (χ3n) is 4.86. The molecule has 1 heterocycles. The Labute approximate surface area is 167 Å². The normalized spacial score (nSPS) is 14.2. The van der Waals surface area contributed by atoms with Crippen LogP contribution in [0.5, 0.6) is 5.75 Å². The second kappa shape index (κ2) is 7.20. The molecule has 0 unspecified atom stereocenters. The fourth-order valence-corrected chi connectivity index (χ4v) is 3.27. The Hall–Kier alpha value is -4.00. The fraction of sp³-hybridized carbons (Fsp3) is 0.0909. The molecule has 4 rings (SSSR count). The van der Waals surface area contributed by atoms with Crippen molar-refractivity contribution in [3.63, 3.8) is 0 Å². The maximum absolute atomic E-state index is 13.4. The summed E-state index contributed by atoms with van der Waals surface area (Å²) >= 11 is 0. The predicted molar refractivity (Wildman–Crippen MR) is 110 cm³/mol. The van der Waals surface area contributed by atoms with Gasteiger partial charge in [0.25, 0.3) is 0 Å². The Kier molecular flexibility index (Phi) is 4.56. The molecule has 7 heteroatoms. The number of ether oxygens (including phenoxy) is 1. The Morgan fingerprint density at radius 3 is 2.45 bits per heavy atom. The molecule has 0 fully saturated rings. The smallest absolute Gasteiger partial charge is 0.213 e. The zero-order valence-corrected chi connectivity index (χ0v) is 15.9. The number of hydrogen-bond donors (Lipinski definition) is 1. The molecule has 29 heavy (non-hydrogen) atoms. The zero-order valence-electron chi connectivity index (χ0n) is 15.9. The van der Waals surface area contributed by atoms with Gasteiger partial charge in [-0.25, -0.2) is 9.97 Å². The lowest BCUT2D eigenvalue weighted by Gasteiger charge is -2.25. The minimum absolute atomic E-state index is 0.0893. The molecule has 0 radical (unpaired) electrons. The van der Waals surface area contributed by atoms with Gasteiger partial charge in [-0.1, -0.05) is 18.2 Å². The standard InChI is InChI=1S/C22H18N4O3/c1-26(13-7-9-14(29-2)10-8-13)17-11-18(27)20(23)19(22(17)28)21-15-5-3-4-6-16(15)24-12-25-21/h3-12H,23H2,1-2H3. The molecule has 0 bridgehead atoms. The number of para-hydroxylation sites is 1. The van der Waals surface area contributed by atoms with Gasteiger partial charge >= 0.3 is 0 Å². The zero-order chi connectivity index (χ0) is 20.5. The summed E-state index contributed by atoms with van der Waals surface area (Å²) in [7, 11) is 3.30. The van der Waals surface area contributed by atoms with Gasteiger partial charge in [0.2, 0.25) is 11.6 Å². The molecule has 144 valence electrons. The van der Waals surface area contributed by atoms with Crippen LogP contribution in [0.2, 0.25) is 0 Å². The molecule has 0 saturated heterocycles. The number of rotatable bonds is 4. The summed E-state index contributed by atoms with van der Waals surface area (Å²) in [5.74, 6) is -0.110. The van der Waals surface area contributed by atoms with Gasteiger partial charge < -0.3 is 15.4 Å². The minimum Gasteiger partial charge on any atom is -0.497 e. The van der Waals surface area contributed by atoms with Crippen LogP contribution in [0.3, 0.4) is 0 Å². The highest BCUT2D eigenvalue weighted by Gasteiger charge is 2.32. The van der Waals surface area contributed by atoms with Crippen molar-refractivity contribution < 1.29 is 14.3 Å². The molecular weight excluding hydrogens is 368 g/mol. The Morgan fingerprint density at radius 1 is 1.00 bits per heavy atom. The SMILES string of the molecule is COc1ccc(N(C)C2=CC(=O)C(N)=C(c3ncnc4ccccc34)C2=O)cc1. The second-order valence-corrected chi connectivity index (χ2v) is 6.51. The molecule has 0 spiro atoms. The van der Waals surface area contributed by atoms with Crippen LogP contribution in [0.25, 0.3) is 16.5 Å². The molecule has 0 saturated carbocycles. The maximum atomic E-state index is 13.4. The molecular formula is C22H18N4O3. The number of nitrogens with zero attached hydrogens (tertiary/aromatic N) is 3. The highest BCUT2D eigenvalue weighted by Crippen LogP contribution is 2.32. The predicted octanol–water partition coefficient (Wildman–Crippen LogP) is 2.48. The van der Waals surface area contributed by atoms with Gasteiger partial charge in [-0.15, -0.1) is 0 Å². The van der Waals surface area contributed by atoms with Crippen molar-refractivity contribution in [3.05, 3.63) is 78.0 Å². The Morgan fingerprint density at radius 2 is 1.72 bits per heavy atom. The lowest BCUT2D eigenvalue weighted by molar-refractivity contribution is -0.114. The summed E-state index contributed by atoms with van der Waals surface area (Å²) in [6, 6.07) is 14.4. The molecule has 0 amide bonds. The summed E-state index contributed by atoms with van der Waals surface area (Å²) in [6.45, 7) is 0. The molecule has 1 aromatic heterocycles. The third kappa shape index (κ3) is 3.12. The minimum atomic E-state index is -0.433. The number of carbonyl (C=O) groups is 2. The van der Waals surface area contributed by atoms with Crippen molar-refractivity contribution in [2.75, 3.05) is 19.1 Å². The number of fused-ring (bicyclic) bond motifs is 1. The Bertz CT molecular complexity index is 1190. The average Bonchev–Trinajstić information content (AvgIpc) is 2.76. The largest absolute Gasteiger partial charge is 0.497 e. The summed E-state index contributed by atoms with van der Waals surface area (Å²) in [5.41, 5.74) is 7.97. The first-order chi connectivity index (χ1) is 14.0. The van der Waals surface area contributed by atoms with E-state index in [0.29, 0.717) is 22.3 Å². The first-order valence-electron chi connectivity index (χ1n) is 8.89. The number of nitrogens with two attached hydrogens (primary N) is 1. The number of benzene rings is 2. The van der Waals surface area contributed by atoms with E-state index in [1.807, 2.05) is 18.2 Å². The van der Waals surface area contributed by atoms with E-state index in [4.69, 9.17) is 10.5 Å². The summed E-state index contributed by atoms with van der Waals surface area (Å²) in [6.07, 6.45) is 2.62. The van der Waals surface area contributed by atoms with Gasteiger partial charge in [0.15, 0.2) is 0 Å². The summed E-state index contributed by atoms with van der Waals surface area (Å²) in [5, 5.41) is 0.655. The van der Waals surface area contributed by atoms with Gasteiger partial charge in [0.05, 0.1) is 35.3 Å². The van der Waals surface area contributed by atoms with Crippen LogP contribution >= 0.6 is 0 Å². The summed E-state index contributed by atoms with van der Waals surface area (Å²) in [4.78, 5) is 36.1. The average molecular weight is 386 g/mol. The number of methoxy groups -OCH3 is 1. The number of hydrogen-bond acceptors (Lipinski definition) is 7. The van der Waals surface area contributed by atoms with Crippen LogP contribution in [0.15, 0.2) is 72.3 Å². The van der Waals surface area contributed by atoms with Gasteiger partial charge in [-0.05, 0) is 30.3 Å². The second-order valence-electron chi connectivity index (χ2n) is 6.51.